The zero-order valence-electron chi connectivity index (χ0n) is 27.9. The van der Waals surface area contributed by atoms with E-state index in [2.05, 4.69) is 36.7 Å². The molecule has 4 N–H and O–H groups in total. The Balaban J connectivity index is 1.45. The van der Waals surface area contributed by atoms with Crippen molar-refractivity contribution >= 4 is 45.6 Å². The van der Waals surface area contributed by atoms with Gasteiger partial charge < -0.3 is 29.9 Å². The van der Waals surface area contributed by atoms with Crippen molar-refractivity contribution in [3.05, 3.63) is 80.9 Å². The van der Waals surface area contributed by atoms with Crippen molar-refractivity contribution in [3.63, 3.8) is 0 Å². The summed E-state index contributed by atoms with van der Waals surface area (Å²) in [6, 6.07) is 8.60. The molecule has 4 aromatic rings. The van der Waals surface area contributed by atoms with Gasteiger partial charge in [0.25, 0.3) is 0 Å². The smallest absolute Gasteiger partial charge is 0.340 e. The van der Waals surface area contributed by atoms with Crippen LogP contribution in [0.5, 0.6) is 0 Å². The second-order valence-corrected chi connectivity index (χ2v) is 13.1. The Morgan fingerprint density at radius 1 is 0.936 bits per heavy atom. The van der Waals surface area contributed by atoms with Gasteiger partial charge >= 0.3 is 11.6 Å². The molecule has 47 heavy (non-hydrogen) atoms. The minimum atomic E-state index is -1.20. The van der Waals surface area contributed by atoms with Crippen LogP contribution in [-0.2, 0) is 37.4 Å². The molecule has 2 heterocycles. The third-order valence-electron chi connectivity index (χ3n) is 8.64. The summed E-state index contributed by atoms with van der Waals surface area (Å²) in [7, 11) is 0. The van der Waals surface area contributed by atoms with Gasteiger partial charge in [-0.05, 0) is 42.4 Å². The molecule has 0 bridgehead atoms. The van der Waals surface area contributed by atoms with Crippen molar-refractivity contribution in [3.8, 4) is 0 Å². The monoisotopic (exact) mass is 645 g/mol. The molecule has 11 heteroatoms. The number of amides is 3. The van der Waals surface area contributed by atoms with E-state index in [0.717, 1.165) is 16.5 Å². The maximum Gasteiger partial charge on any atom is 0.340 e. The Hall–Kier alpha value is -4.93. The summed E-state index contributed by atoms with van der Waals surface area (Å²) >= 11 is 0. The molecule has 3 atom stereocenters. The van der Waals surface area contributed by atoms with E-state index in [9.17, 15) is 29.1 Å². The zero-order chi connectivity index (χ0) is 34.6. The second-order valence-electron chi connectivity index (χ2n) is 13.1. The Morgan fingerprint density at radius 2 is 1.62 bits per heavy atom. The minimum absolute atomic E-state index is 0.0750. The third kappa shape index (κ3) is 7.90. The number of benzene rings is 2. The van der Waals surface area contributed by atoms with Crippen molar-refractivity contribution < 1.29 is 33.1 Å². The van der Waals surface area contributed by atoms with Gasteiger partial charge in [-0.1, -0.05) is 71.4 Å². The summed E-state index contributed by atoms with van der Waals surface area (Å²) in [5.74, 6) is -3.37. The van der Waals surface area contributed by atoms with E-state index in [1.54, 1.807) is 44.4 Å². The molecule has 0 spiro atoms. The summed E-state index contributed by atoms with van der Waals surface area (Å²) in [6.07, 6.45) is 2.00. The number of rotatable bonds is 12. The van der Waals surface area contributed by atoms with Crippen LogP contribution in [-0.4, -0.2) is 47.4 Å². The Morgan fingerprint density at radius 3 is 2.23 bits per heavy atom. The first-order chi connectivity index (χ1) is 22.1. The molecular weight excluding hydrogens is 602 g/mol. The van der Waals surface area contributed by atoms with Crippen molar-refractivity contribution in [1.82, 2.24) is 16.0 Å². The first-order valence-corrected chi connectivity index (χ1v) is 15.7. The quantitative estimate of drug-likeness (QED) is 0.164. The predicted molar refractivity (Wildman–Crippen MR) is 178 cm³/mol. The van der Waals surface area contributed by atoms with E-state index in [4.69, 9.17) is 8.83 Å². The number of fused-ring (bicyclic) bond motifs is 2. The van der Waals surface area contributed by atoms with E-state index in [-0.39, 0.29) is 29.7 Å². The van der Waals surface area contributed by atoms with Gasteiger partial charge in [-0.3, -0.25) is 14.4 Å². The predicted octanol–water partition coefficient (Wildman–Crippen LogP) is 4.46. The lowest BCUT2D eigenvalue weighted by atomic mass is 9.86. The molecule has 2 aromatic carbocycles. The molecule has 0 radical (unpaired) electrons. The maximum absolute atomic E-state index is 13.2. The number of hydrogen-bond donors (Lipinski definition) is 4. The average molecular weight is 646 g/mol. The number of carboxylic acids is 1. The highest BCUT2D eigenvalue weighted by atomic mass is 16.4. The Labute approximate surface area is 273 Å². The van der Waals surface area contributed by atoms with Crippen molar-refractivity contribution in [2.75, 3.05) is 6.54 Å². The van der Waals surface area contributed by atoms with Gasteiger partial charge in [0.05, 0.1) is 24.8 Å². The highest BCUT2D eigenvalue weighted by Crippen LogP contribution is 2.37. The van der Waals surface area contributed by atoms with Gasteiger partial charge in [0, 0.05) is 28.3 Å². The molecule has 0 unspecified atom stereocenters. The molecule has 0 saturated carbocycles. The Kier molecular flexibility index (Phi) is 10.6. The van der Waals surface area contributed by atoms with Gasteiger partial charge in [-0.25, -0.2) is 9.59 Å². The number of carbonyl (C=O) groups excluding carboxylic acids is 3. The molecule has 0 aliphatic heterocycles. The summed E-state index contributed by atoms with van der Waals surface area (Å²) in [4.78, 5) is 64.0. The van der Waals surface area contributed by atoms with Gasteiger partial charge in [-0.2, -0.15) is 0 Å². The largest absolute Gasteiger partial charge is 0.480 e. The molecule has 0 fully saturated rings. The fourth-order valence-corrected chi connectivity index (χ4v) is 5.62. The first kappa shape index (κ1) is 34.9. The zero-order valence-corrected chi connectivity index (χ0v) is 27.9. The fraction of sp³-hybridized carbons (Fsp3) is 0.417. The normalized spacial score (nSPS) is 13.6. The maximum atomic E-state index is 13.2. The van der Waals surface area contributed by atoms with Crippen LogP contribution in [0.3, 0.4) is 0 Å². The number of nitrogens with one attached hydrogen (secondary N) is 3. The number of aryl methyl sites for hydroxylation is 2. The molecule has 4 rings (SSSR count). The topological polar surface area (TPSA) is 168 Å². The van der Waals surface area contributed by atoms with Crippen LogP contribution in [0.1, 0.15) is 68.9 Å². The molecule has 3 amide bonds. The molecular formula is C36H43N3O8. The average Bonchev–Trinajstić information content (AvgIpc) is 3.46. The minimum Gasteiger partial charge on any atom is -0.480 e. The van der Waals surface area contributed by atoms with Crippen LogP contribution in [0.15, 0.2) is 56.3 Å². The summed E-state index contributed by atoms with van der Waals surface area (Å²) in [5.41, 5.74) is 3.39. The second kappa shape index (κ2) is 14.2. The standard InChI is InChI=1S/C36H43N3O8/c1-8-19(2)30(33(42)38-27(34(43)44)14-22-12-10-9-11-13-22)39-29(41)17-37-28(40)16-24-20(3)23-15-25-26(36(5,6)7)18-46-31(25)21(4)32(23)47-35(24)45/h9-13,15,18-19,27,30H,8,14,16-17H2,1-7H3,(H,37,40)(H,38,42)(H,39,41)(H,43,44)/t19-,27+,30+/m1/s1. The van der Waals surface area contributed by atoms with Gasteiger partial charge in [0.15, 0.2) is 0 Å². The van der Waals surface area contributed by atoms with Crippen molar-refractivity contribution in [1.29, 1.82) is 0 Å². The van der Waals surface area contributed by atoms with Crippen LogP contribution in [0.25, 0.3) is 21.9 Å². The van der Waals surface area contributed by atoms with Crippen LogP contribution >= 0.6 is 0 Å². The summed E-state index contributed by atoms with van der Waals surface area (Å²) in [5, 5.41) is 19.0. The lowest BCUT2D eigenvalue weighted by molar-refractivity contribution is -0.142. The fourth-order valence-electron chi connectivity index (χ4n) is 5.62. The van der Waals surface area contributed by atoms with E-state index < -0.39 is 47.9 Å². The molecule has 0 aliphatic rings. The molecule has 2 aromatic heterocycles. The van der Waals surface area contributed by atoms with E-state index in [0.29, 0.717) is 34.1 Å². The van der Waals surface area contributed by atoms with Crippen LogP contribution in [0.4, 0.5) is 0 Å². The summed E-state index contributed by atoms with van der Waals surface area (Å²) in [6.45, 7) is 13.0. The number of furan rings is 1. The third-order valence-corrected chi connectivity index (χ3v) is 8.64. The SMILES string of the molecule is CC[C@@H](C)[C@H](NC(=O)CNC(=O)Cc1c(C)c2cc3c(C(C)(C)C)coc3c(C)c2oc1=O)C(=O)N[C@@H](Cc1ccccc1)C(=O)O. The molecule has 0 saturated heterocycles. The van der Waals surface area contributed by atoms with Gasteiger partial charge in [-0.15, -0.1) is 0 Å². The van der Waals surface area contributed by atoms with Crippen molar-refractivity contribution in [2.45, 2.75) is 85.2 Å². The van der Waals surface area contributed by atoms with E-state index in [1.165, 1.54) is 0 Å². The van der Waals surface area contributed by atoms with Crippen LogP contribution in [0, 0.1) is 19.8 Å². The first-order valence-electron chi connectivity index (χ1n) is 15.7. The van der Waals surface area contributed by atoms with Crippen molar-refractivity contribution in [2.24, 2.45) is 5.92 Å². The molecule has 250 valence electrons. The molecule has 0 aliphatic carbocycles. The number of aliphatic carboxylic acids is 1. The lowest BCUT2D eigenvalue weighted by Gasteiger charge is -2.25. The van der Waals surface area contributed by atoms with Crippen LogP contribution in [0.2, 0.25) is 0 Å². The highest BCUT2D eigenvalue weighted by molar-refractivity contribution is 6.00. The lowest BCUT2D eigenvalue weighted by Crippen LogP contribution is -2.55. The number of hydrogen-bond acceptors (Lipinski definition) is 7. The number of carbonyl (C=O) groups is 4. The van der Waals surface area contributed by atoms with Gasteiger partial charge in [0.2, 0.25) is 17.7 Å². The van der Waals surface area contributed by atoms with E-state index >= 15 is 0 Å². The highest BCUT2D eigenvalue weighted by Gasteiger charge is 2.30. The van der Waals surface area contributed by atoms with E-state index in [1.807, 2.05) is 26.0 Å². The molecule has 11 nitrogen and oxygen atoms in total. The number of carboxylic acid groups (broad SMARTS) is 1. The van der Waals surface area contributed by atoms with Crippen LogP contribution < -0.4 is 21.6 Å². The summed E-state index contributed by atoms with van der Waals surface area (Å²) < 4.78 is 11.5. The Bertz CT molecular complexity index is 1870. The van der Waals surface area contributed by atoms with Gasteiger partial charge in [0.1, 0.15) is 23.2 Å².